The Kier molecular flexibility index (Phi) is 3.54. The molecule has 1 aliphatic rings. The van der Waals surface area contributed by atoms with Crippen molar-refractivity contribution < 1.29 is 4.92 Å². The van der Waals surface area contributed by atoms with Gasteiger partial charge in [0, 0.05) is 13.1 Å². The van der Waals surface area contributed by atoms with Gasteiger partial charge in [-0.05, 0) is 31.1 Å². The number of nitrogens with zero attached hydrogens (tertiary/aromatic N) is 3. The van der Waals surface area contributed by atoms with E-state index in [0.29, 0.717) is 17.8 Å². The second kappa shape index (κ2) is 4.96. The van der Waals surface area contributed by atoms with E-state index in [9.17, 15) is 10.1 Å². The minimum absolute atomic E-state index is 0.0591. The van der Waals surface area contributed by atoms with Gasteiger partial charge in [0.15, 0.2) is 0 Å². The summed E-state index contributed by atoms with van der Waals surface area (Å²) in [5, 5.41) is 18.3. The molecule has 0 spiro atoms. The molecule has 0 radical (unpaired) electrons. The molecule has 1 N–H and O–H groups in total. The summed E-state index contributed by atoms with van der Waals surface area (Å²) < 4.78 is 1.48. The van der Waals surface area contributed by atoms with Crippen LogP contribution in [-0.4, -0.2) is 20.7 Å². The standard InChI is InChI=1S/C12H20N4O2/c1-8-4-5-10(6-9(8)2)13-12-11(16(17)18)7-15(3)14-12/h7-10H,4-6H2,1-3H3,(H,13,14). The Balaban J connectivity index is 2.07. The Labute approximate surface area is 107 Å². The zero-order valence-electron chi connectivity index (χ0n) is 11.1. The predicted molar refractivity (Wildman–Crippen MR) is 69.5 cm³/mol. The lowest BCUT2D eigenvalue weighted by atomic mass is 9.79. The van der Waals surface area contributed by atoms with Gasteiger partial charge in [-0.25, -0.2) is 0 Å². The van der Waals surface area contributed by atoms with E-state index in [4.69, 9.17) is 0 Å². The first-order chi connectivity index (χ1) is 8.47. The molecule has 1 saturated carbocycles. The van der Waals surface area contributed by atoms with Crippen molar-refractivity contribution in [1.29, 1.82) is 0 Å². The van der Waals surface area contributed by atoms with Gasteiger partial charge in [0.05, 0.1) is 4.92 Å². The molecule has 1 aromatic heterocycles. The van der Waals surface area contributed by atoms with Gasteiger partial charge in [0.2, 0.25) is 5.82 Å². The fraction of sp³-hybridized carbons (Fsp3) is 0.750. The minimum atomic E-state index is -0.385. The van der Waals surface area contributed by atoms with Gasteiger partial charge in [0.1, 0.15) is 6.20 Å². The molecular weight excluding hydrogens is 232 g/mol. The number of rotatable bonds is 3. The molecule has 0 amide bonds. The van der Waals surface area contributed by atoms with Crippen LogP contribution in [0.5, 0.6) is 0 Å². The zero-order valence-corrected chi connectivity index (χ0v) is 11.1. The molecule has 6 heteroatoms. The molecule has 0 bridgehead atoms. The zero-order chi connectivity index (χ0) is 13.3. The topological polar surface area (TPSA) is 73.0 Å². The van der Waals surface area contributed by atoms with Crippen LogP contribution in [0.25, 0.3) is 0 Å². The number of hydrogen-bond acceptors (Lipinski definition) is 4. The monoisotopic (exact) mass is 252 g/mol. The lowest BCUT2D eigenvalue weighted by Crippen LogP contribution is -2.30. The first-order valence-corrected chi connectivity index (χ1v) is 6.42. The van der Waals surface area contributed by atoms with Crippen LogP contribution in [0.15, 0.2) is 6.20 Å². The van der Waals surface area contributed by atoms with Crippen LogP contribution in [0.3, 0.4) is 0 Å². The molecule has 6 nitrogen and oxygen atoms in total. The van der Waals surface area contributed by atoms with Crippen LogP contribution in [0.1, 0.15) is 33.1 Å². The summed E-state index contributed by atoms with van der Waals surface area (Å²) in [6, 6.07) is 0.296. The molecule has 0 aliphatic heterocycles. The highest BCUT2D eigenvalue weighted by atomic mass is 16.6. The average molecular weight is 252 g/mol. The van der Waals surface area contributed by atoms with Crippen molar-refractivity contribution in [2.45, 2.75) is 39.2 Å². The van der Waals surface area contributed by atoms with E-state index in [1.807, 2.05) is 0 Å². The summed E-state index contributed by atoms with van der Waals surface area (Å²) in [5.41, 5.74) is 0.0591. The van der Waals surface area contributed by atoms with E-state index < -0.39 is 0 Å². The van der Waals surface area contributed by atoms with Gasteiger partial charge in [0.25, 0.3) is 0 Å². The molecule has 0 aromatic carbocycles. The summed E-state index contributed by atoms with van der Waals surface area (Å²) in [5.74, 6) is 1.79. The summed E-state index contributed by atoms with van der Waals surface area (Å²) in [6.07, 6.45) is 4.71. The summed E-state index contributed by atoms with van der Waals surface area (Å²) in [7, 11) is 1.70. The van der Waals surface area contributed by atoms with Crippen LogP contribution < -0.4 is 5.32 Å². The third-order valence-corrected chi connectivity index (χ3v) is 3.95. The predicted octanol–water partition coefficient (Wildman–Crippen LogP) is 2.56. The van der Waals surface area contributed by atoms with Crippen LogP contribution in [0.4, 0.5) is 11.5 Å². The number of anilines is 1. The Bertz CT molecular complexity index is 443. The van der Waals surface area contributed by atoms with Crippen molar-refractivity contribution in [2.75, 3.05) is 5.32 Å². The van der Waals surface area contributed by atoms with E-state index in [-0.39, 0.29) is 10.6 Å². The average Bonchev–Trinajstić information content (AvgIpc) is 2.65. The number of nitro groups is 1. The highest BCUT2D eigenvalue weighted by Gasteiger charge is 2.27. The molecule has 100 valence electrons. The highest BCUT2D eigenvalue weighted by molar-refractivity contribution is 5.55. The fourth-order valence-electron chi connectivity index (χ4n) is 2.58. The van der Waals surface area contributed by atoms with Crippen LogP contribution in [-0.2, 0) is 7.05 Å². The SMILES string of the molecule is CC1CCC(Nc2nn(C)cc2[N+](=O)[O-])CC1C. The Morgan fingerprint density at radius 2 is 2.17 bits per heavy atom. The van der Waals surface area contributed by atoms with Crippen molar-refractivity contribution >= 4 is 11.5 Å². The van der Waals surface area contributed by atoms with Crippen molar-refractivity contribution in [2.24, 2.45) is 18.9 Å². The summed E-state index contributed by atoms with van der Waals surface area (Å²) in [6.45, 7) is 4.51. The van der Waals surface area contributed by atoms with Gasteiger partial charge in [-0.3, -0.25) is 14.8 Å². The quantitative estimate of drug-likeness (QED) is 0.662. The van der Waals surface area contributed by atoms with Crippen LogP contribution in [0, 0.1) is 22.0 Å². The molecule has 3 unspecified atom stereocenters. The van der Waals surface area contributed by atoms with Crippen molar-refractivity contribution in [1.82, 2.24) is 9.78 Å². The number of aryl methyl sites for hydroxylation is 1. The second-order valence-electron chi connectivity index (χ2n) is 5.40. The normalized spacial score (nSPS) is 28.1. The van der Waals surface area contributed by atoms with E-state index in [1.165, 1.54) is 17.3 Å². The summed E-state index contributed by atoms with van der Waals surface area (Å²) in [4.78, 5) is 10.5. The van der Waals surface area contributed by atoms with E-state index in [0.717, 1.165) is 18.8 Å². The van der Waals surface area contributed by atoms with Gasteiger partial charge in [-0.1, -0.05) is 13.8 Å². The van der Waals surface area contributed by atoms with Crippen molar-refractivity contribution in [3.8, 4) is 0 Å². The Hall–Kier alpha value is -1.59. The van der Waals surface area contributed by atoms with Crippen molar-refractivity contribution in [3.63, 3.8) is 0 Å². The van der Waals surface area contributed by atoms with Gasteiger partial charge in [-0.2, -0.15) is 0 Å². The number of aromatic nitrogens is 2. The molecule has 18 heavy (non-hydrogen) atoms. The molecular formula is C12H20N4O2. The summed E-state index contributed by atoms with van der Waals surface area (Å²) >= 11 is 0. The molecule has 1 aromatic rings. The Morgan fingerprint density at radius 1 is 1.44 bits per heavy atom. The highest BCUT2D eigenvalue weighted by Crippen LogP contribution is 2.32. The largest absolute Gasteiger partial charge is 0.360 e. The maximum atomic E-state index is 10.9. The fourth-order valence-corrected chi connectivity index (χ4v) is 2.58. The molecule has 1 aliphatic carbocycles. The second-order valence-corrected chi connectivity index (χ2v) is 5.40. The van der Waals surface area contributed by atoms with E-state index in [2.05, 4.69) is 24.3 Å². The van der Waals surface area contributed by atoms with Gasteiger partial charge >= 0.3 is 5.69 Å². The lowest BCUT2D eigenvalue weighted by Gasteiger charge is -2.32. The lowest BCUT2D eigenvalue weighted by molar-refractivity contribution is -0.384. The van der Waals surface area contributed by atoms with Gasteiger partial charge in [-0.15, -0.1) is 5.10 Å². The number of nitrogens with one attached hydrogen (secondary N) is 1. The van der Waals surface area contributed by atoms with Crippen LogP contribution in [0.2, 0.25) is 0 Å². The molecule has 0 saturated heterocycles. The minimum Gasteiger partial charge on any atom is -0.360 e. The first kappa shape index (κ1) is 12.9. The molecule has 1 heterocycles. The van der Waals surface area contributed by atoms with Crippen molar-refractivity contribution in [3.05, 3.63) is 16.3 Å². The maximum Gasteiger partial charge on any atom is 0.330 e. The van der Waals surface area contributed by atoms with E-state index >= 15 is 0 Å². The third-order valence-electron chi connectivity index (χ3n) is 3.95. The third kappa shape index (κ3) is 2.63. The molecule has 3 atom stereocenters. The molecule has 1 fully saturated rings. The Morgan fingerprint density at radius 3 is 2.78 bits per heavy atom. The van der Waals surface area contributed by atoms with Crippen LogP contribution >= 0.6 is 0 Å². The number of hydrogen-bond donors (Lipinski definition) is 1. The van der Waals surface area contributed by atoms with Gasteiger partial charge < -0.3 is 5.32 Å². The first-order valence-electron chi connectivity index (χ1n) is 6.42. The van der Waals surface area contributed by atoms with E-state index in [1.54, 1.807) is 7.05 Å². The smallest absolute Gasteiger partial charge is 0.330 e. The molecule has 2 rings (SSSR count). The maximum absolute atomic E-state index is 10.9.